The van der Waals surface area contributed by atoms with Gasteiger partial charge in [-0.05, 0) is 24.3 Å². The Morgan fingerprint density at radius 2 is 2.10 bits per heavy atom. The predicted molar refractivity (Wildman–Crippen MR) is 77.3 cm³/mol. The predicted octanol–water partition coefficient (Wildman–Crippen LogP) is 0.509. The number of ether oxygens (including phenoxy) is 1. The molecule has 21 heavy (non-hydrogen) atoms. The summed E-state index contributed by atoms with van der Waals surface area (Å²) in [6.07, 6.45) is 1.35. The molecule has 2 rings (SSSR count). The van der Waals surface area contributed by atoms with E-state index in [4.69, 9.17) is 5.84 Å². The molecule has 1 amide bonds. The van der Waals surface area contributed by atoms with Gasteiger partial charge in [0.05, 0.1) is 18.4 Å². The van der Waals surface area contributed by atoms with E-state index in [1.54, 1.807) is 24.3 Å². The molecule has 0 aliphatic carbocycles. The summed E-state index contributed by atoms with van der Waals surface area (Å²) < 4.78 is 5.83. The first-order valence-corrected chi connectivity index (χ1v) is 6.85. The van der Waals surface area contributed by atoms with Gasteiger partial charge in [0.15, 0.2) is 0 Å². The third-order valence-electron chi connectivity index (χ3n) is 2.46. The second kappa shape index (κ2) is 6.75. The minimum Gasteiger partial charge on any atom is -0.465 e. The number of nitrogens with one attached hydrogen (secondary N) is 1. The fraction of sp³-hybridized carbons (Fsp3) is 0.167. The molecule has 0 spiro atoms. The summed E-state index contributed by atoms with van der Waals surface area (Å²) in [5, 5.41) is 10.5. The maximum absolute atomic E-state index is 11.8. The fourth-order valence-electron chi connectivity index (χ4n) is 1.47. The van der Waals surface area contributed by atoms with E-state index in [-0.39, 0.29) is 11.7 Å². The first-order chi connectivity index (χ1) is 10.1. The van der Waals surface area contributed by atoms with Crippen LogP contribution in [0.1, 0.15) is 10.4 Å². The Balaban J connectivity index is 1.88. The van der Waals surface area contributed by atoms with Gasteiger partial charge in [-0.25, -0.2) is 9.47 Å². The Morgan fingerprint density at radius 3 is 2.67 bits per heavy atom. The molecule has 1 aromatic carbocycles. The number of nitrogens with zero attached hydrogens (tertiary/aromatic N) is 3. The van der Waals surface area contributed by atoms with Crippen molar-refractivity contribution < 1.29 is 14.3 Å². The van der Waals surface area contributed by atoms with Crippen molar-refractivity contribution in [3.8, 4) is 0 Å². The summed E-state index contributed by atoms with van der Waals surface area (Å²) in [6, 6.07) is 6.40. The first kappa shape index (κ1) is 14.9. The zero-order chi connectivity index (χ0) is 15.2. The van der Waals surface area contributed by atoms with Crippen molar-refractivity contribution in [2.75, 3.05) is 24.0 Å². The highest BCUT2D eigenvalue weighted by molar-refractivity contribution is 7.99. The van der Waals surface area contributed by atoms with Crippen LogP contribution in [0.3, 0.4) is 0 Å². The molecule has 0 fully saturated rings. The normalized spacial score (nSPS) is 10.1. The smallest absolute Gasteiger partial charge is 0.337 e. The van der Waals surface area contributed by atoms with Crippen molar-refractivity contribution in [2.45, 2.75) is 5.16 Å². The molecule has 0 saturated carbocycles. The average molecular weight is 307 g/mol. The van der Waals surface area contributed by atoms with Gasteiger partial charge in [-0.3, -0.25) is 4.79 Å². The highest BCUT2D eigenvalue weighted by Gasteiger charge is 2.09. The molecule has 9 heteroatoms. The quantitative estimate of drug-likeness (QED) is 0.470. The minimum atomic E-state index is -0.425. The third kappa shape index (κ3) is 3.96. The Morgan fingerprint density at radius 1 is 1.38 bits per heavy atom. The number of methoxy groups -OCH3 is 1. The van der Waals surface area contributed by atoms with Gasteiger partial charge >= 0.3 is 5.97 Å². The molecular weight excluding hydrogens is 294 g/mol. The fourth-order valence-corrected chi connectivity index (χ4v) is 2.10. The summed E-state index contributed by atoms with van der Waals surface area (Å²) >= 11 is 1.17. The van der Waals surface area contributed by atoms with Crippen LogP contribution >= 0.6 is 11.8 Å². The summed E-state index contributed by atoms with van der Waals surface area (Å²) in [5.41, 5.74) is 1.00. The molecule has 0 atom stereocenters. The molecule has 2 aromatic rings. The summed E-state index contributed by atoms with van der Waals surface area (Å²) in [5.74, 6) is 5.04. The number of rotatable bonds is 5. The van der Waals surface area contributed by atoms with E-state index in [0.29, 0.717) is 16.4 Å². The summed E-state index contributed by atoms with van der Waals surface area (Å²) in [4.78, 5) is 23.0. The molecule has 3 N–H and O–H groups in total. The van der Waals surface area contributed by atoms with E-state index in [9.17, 15) is 9.59 Å². The molecule has 110 valence electrons. The van der Waals surface area contributed by atoms with Gasteiger partial charge in [0.2, 0.25) is 11.1 Å². The minimum absolute atomic E-state index is 0.147. The van der Waals surface area contributed by atoms with Gasteiger partial charge in [-0.2, -0.15) is 0 Å². The van der Waals surface area contributed by atoms with Crippen molar-refractivity contribution >= 4 is 29.3 Å². The van der Waals surface area contributed by atoms with E-state index in [1.807, 2.05) is 0 Å². The molecule has 0 saturated heterocycles. The Bertz CT molecular complexity index is 641. The van der Waals surface area contributed by atoms with E-state index in [0.717, 1.165) is 0 Å². The van der Waals surface area contributed by atoms with Gasteiger partial charge in [0.1, 0.15) is 6.33 Å². The Hall–Kier alpha value is -2.55. The van der Waals surface area contributed by atoms with Crippen molar-refractivity contribution in [3.05, 3.63) is 36.2 Å². The third-order valence-corrected chi connectivity index (χ3v) is 3.42. The number of esters is 1. The van der Waals surface area contributed by atoms with Crippen LogP contribution in [0.5, 0.6) is 0 Å². The van der Waals surface area contributed by atoms with Crippen LogP contribution < -0.4 is 11.2 Å². The molecule has 1 aromatic heterocycles. The number of hydrogen-bond acceptors (Lipinski definition) is 7. The molecule has 0 unspecified atom stereocenters. The number of nitrogens with two attached hydrogens (primary N) is 1. The second-order valence-electron chi connectivity index (χ2n) is 3.93. The van der Waals surface area contributed by atoms with Gasteiger partial charge in [-0.15, -0.1) is 10.2 Å². The van der Waals surface area contributed by atoms with Crippen LogP contribution in [-0.2, 0) is 9.53 Å². The van der Waals surface area contributed by atoms with E-state index in [1.165, 1.54) is 29.9 Å². The lowest BCUT2D eigenvalue weighted by Crippen LogP contribution is -2.15. The average Bonchev–Trinajstić information content (AvgIpc) is 2.90. The summed E-state index contributed by atoms with van der Waals surface area (Å²) in [6.45, 7) is 0. The van der Waals surface area contributed by atoms with Gasteiger partial charge in [0, 0.05) is 5.69 Å². The van der Waals surface area contributed by atoms with E-state index < -0.39 is 5.97 Å². The maximum atomic E-state index is 11.8. The van der Waals surface area contributed by atoms with Gasteiger partial charge < -0.3 is 15.9 Å². The molecule has 8 nitrogen and oxygen atoms in total. The Labute approximate surface area is 124 Å². The molecule has 0 radical (unpaired) electrons. The van der Waals surface area contributed by atoms with E-state index in [2.05, 4.69) is 20.3 Å². The lowest BCUT2D eigenvalue weighted by molar-refractivity contribution is -0.113. The van der Waals surface area contributed by atoms with Gasteiger partial charge in [-0.1, -0.05) is 11.8 Å². The number of anilines is 1. The molecule has 0 aliphatic heterocycles. The van der Waals surface area contributed by atoms with Crippen LogP contribution in [0.2, 0.25) is 0 Å². The number of thioether (sulfide) groups is 1. The zero-order valence-corrected chi connectivity index (χ0v) is 12.0. The number of nitrogen functional groups attached to an aromatic ring is 1. The van der Waals surface area contributed by atoms with Crippen LogP contribution in [-0.4, -0.2) is 39.6 Å². The number of carbonyl (C=O) groups is 2. The largest absolute Gasteiger partial charge is 0.465 e. The zero-order valence-electron chi connectivity index (χ0n) is 11.1. The number of aromatic nitrogens is 3. The maximum Gasteiger partial charge on any atom is 0.337 e. The number of benzene rings is 1. The lowest BCUT2D eigenvalue weighted by atomic mass is 10.2. The molecule has 0 bridgehead atoms. The second-order valence-corrected chi connectivity index (χ2v) is 4.87. The lowest BCUT2D eigenvalue weighted by Gasteiger charge is -2.05. The van der Waals surface area contributed by atoms with Crippen LogP contribution in [0.4, 0.5) is 5.69 Å². The number of hydrogen-bond donors (Lipinski definition) is 2. The van der Waals surface area contributed by atoms with Crippen LogP contribution in [0.25, 0.3) is 0 Å². The van der Waals surface area contributed by atoms with Crippen LogP contribution in [0.15, 0.2) is 35.7 Å². The topological polar surface area (TPSA) is 112 Å². The van der Waals surface area contributed by atoms with Gasteiger partial charge in [0.25, 0.3) is 0 Å². The highest BCUT2D eigenvalue weighted by Crippen LogP contribution is 2.14. The SMILES string of the molecule is COC(=O)c1ccc(NC(=O)CSc2nncn2N)cc1. The monoisotopic (exact) mass is 307 g/mol. The standard InChI is InChI=1S/C12H13N5O3S/c1-20-11(19)8-2-4-9(5-3-8)15-10(18)6-21-12-16-14-7-17(12)13/h2-5,7H,6,13H2,1H3,(H,15,18). The van der Waals surface area contributed by atoms with Crippen molar-refractivity contribution in [3.63, 3.8) is 0 Å². The molecule has 0 aliphatic rings. The number of carbonyl (C=O) groups excluding carboxylic acids is 2. The highest BCUT2D eigenvalue weighted by atomic mass is 32.2. The van der Waals surface area contributed by atoms with Crippen molar-refractivity contribution in [2.24, 2.45) is 0 Å². The summed E-state index contributed by atoms with van der Waals surface area (Å²) in [7, 11) is 1.31. The number of amides is 1. The first-order valence-electron chi connectivity index (χ1n) is 5.86. The van der Waals surface area contributed by atoms with Crippen LogP contribution in [0, 0.1) is 0 Å². The van der Waals surface area contributed by atoms with E-state index >= 15 is 0 Å². The Kier molecular flexibility index (Phi) is 4.77. The molecule has 1 heterocycles. The van der Waals surface area contributed by atoms with Crippen molar-refractivity contribution in [1.29, 1.82) is 0 Å². The molecular formula is C12H13N5O3S. The van der Waals surface area contributed by atoms with Crippen molar-refractivity contribution in [1.82, 2.24) is 14.9 Å².